The summed E-state index contributed by atoms with van der Waals surface area (Å²) in [6.45, 7) is 8.20. The fraction of sp³-hybridized carbons (Fsp3) is 1.00. The molecule has 0 nitrogen and oxygen atoms in total. The van der Waals surface area contributed by atoms with Crippen molar-refractivity contribution in [3.63, 3.8) is 0 Å². The minimum Gasteiger partial charge on any atom is -0.247 e. The molecule has 1 aliphatic carbocycles. The molecule has 1 heteroatoms. The van der Waals surface area contributed by atoms with Gasteiger partial charge in [0.05, 0.1) is 0 Å². The topological polar surface area (TPSA) is 0 Å². The van der Waals surface area contributed by atoms with Gasteiger partial charge in [0.2, 0.25) is 0 Å². The lowest BCUT2D eigenvalue weighted by Gasteiger charge is -2.37. The van der Waals surface area contributed by atoms with E-state index in [1.54, 1.807) is 0 Å². The van der Waals surface area contributed by atoms with E-state index in [0.29, 0.717) is 5.41 Å². The van der Waals surface area contributed by atoms with Gasteiger partial charge in [-0.05, 0) is 18.3 Å². The highest BCUT2D eigenvalue weighted by Crippen LogP contribution is 2.41. The molecular formula is C8H17F. The molecule has 56 valence electrons. The van der Waals surface area contributed by atoms with Gasteiger partial charge in [-0.2, -0.15) is 0 Å². The van der Waals surface area contributed by atoms with Crippen molar-refractivity contribution in [1.29, 1.82) is 0 Å². The second-order valence-electron chi connectivity index (χ2n) is 3.17. The summed E-state index contributed by atoms with van der Waals surface area (Å²) < 4.78 is 12.0. The average molecular weight is 132 g/mol. The van der Waals surface area contributed by atoms with Crippen molar-refractivity contribution in [1.82, 2.24) is 0 Å². The van der Waals surface area contributed by atoms with Crippen LogP contribution in [-0.2, 0) is 0 Å². The lowest BCUT2D eigenvalue weighted by atomic mass is 9.71. The Morgan fingerprint density at radius 1 is 1.22 bits per heavy atom. The maximum atomic E-state index is 12.0. The highest BCUT2D eigenvalue weighted by atomic mass is 19.1. The van der Waals surface area contributed by atoms with Gasteiger partial charge in [0, 0.05) is 0 Å². The summed E-state index contributed by atoms with van der Waals surface area (Å²) >= 11 is 0. The summed E-state index contributed by atoms with van der Waals surface area (Å²) in [5.41, 5.74) is 0.319. The monoisotopic (exact) mass is 132 g/mol. The molecule has 9 heavy (non-hydrogen) atoms. The SMILES string of the molecule is CC.CC1(C)CC(F)C1. The molecule has 0 radical (unpaired) electrons. The van der Waals surface area contributed by atoms with E-state index < -0.39 is 6.17 Å². The Hall–Kier alpha value is -0.0700. The molecule has 1 rings (SSSR count). The van der Waals surface area contributed by atoms with E-state index in [-0.39, 0.29) is 0 Å². The van der Waals surface area contributed by atoms with Gasteiger partial charge in [-0.25, -0.2) is 4.39 Å². The summed E-state index contributed by atoms with van der Waals surface area (Å²) in [5.74, 6) is 0. The summed E-state index contributed by atoms with van der Waals surface area (Å²) in [5, 5.41) is 0. The fourth-order valence-electron chi connectivity index (χ4n) is 1.14. The average Bonchev–Trinajstić information content (AvgIpc) is 1.67. The minimum absolute atomic E-state index is 0.319. The van der Waals surface area contributed by atoms with E-state index in [0.717, 1.165) is 12.8 Å². The van der Waals surface area contributed by atoms with E-state index >= 15 is 0 Å². The first-order valence-corrected chi connectivity index (χ1v) is 3.74. The van der Waals surface area contributed by atoms with Crippen molar-refractivity contribution in [3.05, 3.63) is 0 Å². The van der Waals surface area contributed by atoms with E-state index in [4.69, 9.17) is 0 Å². The molecule has 0 aromatic heterocycles. The van der Waals surface area contributed by atoms with Crippen LogP contribution in [0, 0.1) is 5.41 Å². The Balaban J connectivity index is 0.000000291. The summed E-state index contributed by atoms with van der Waals surface area (Å²) in [6.07, 6.45) is 1.05. The minimum atomic E-state index is -0.491. The number of hydrogen-bond donors (Lipinski definition) is 0. The number of rotatable bonds is 0. The number of halogens is 1. The molecule has 0 atom stereocenters. The third-order valence-corrected chi connectivity index (χ3v) is 1.55. The Morgan fingerprint density at radius 3 is 1.56 bits per heavy atom. The second kappa shape index (κ2) is 3.19. The largest absolute Gasteiger partial charge is 0.247 e. The van der Waals surface area contributed by atoms with Gasteiger partial charge in [0.1, 0.15) is 6.17 Å². The molecule has 1 saturated carbocycles. The second-order valence-corrected chi connectivity index (χ2v) is 3.17. The smallest absolute Gasteiger partial charge is 0.101 e. The molecule has 0 bridgehead atoms. The normalized spacial score (nSPS) is 23.7. The van der Waals surface area contributed by atoms with Crippen LogP contribution in [0.25, 0.3) is 0 Å². The van der Waals surface area contributed by atoms with Crippen molar-refractivity contribution >= 4 is 0 Å². The van der Waals surface area contributed by atoms with Crippen molar-refractivity contribution in [3.8, 4) is 0 Å². The highest BCUT2D eigenvalue weighted by molar-refractivity contribution is 4.86. The Kier molecular flexibility index (Phi) is 3.16. The van der Waals surface area contributed by atoms with E-state index in [9.17, 15) is 4.39 Å². The molecular weight excluding hydrogens is 115 g/mol. The summed E-state index contributed by atoms with van der Waals surface area (Å²) in [6, 6.07) is 0. The molecule has 0 heterocycles. The summed E-state index contributed by atoms with van der Waals surface area (Å²) in [4.78, 5) is 0. The lowest BCUT2D eigenvalue weighted by molar-refractivity contribution is 0.0591. The van der Waals surface area contributed by atoms with Crippen molar-refractivity contribution < 1.29 is 4.39 Å². The predicted octanol–water partition coefficient (Wildman–Crippen LogP) is 3.17. The van der Waals surface area contributed by atoms with E-state index in [1.165, 1.54) is 0 Å². The van der Waals surface area contributed by atoms with Gasteiger partial charge in [0.15, 0.2) is 0 Å². The van der Waals surface area contributed by atoms with Crippen LogP contribution in [0.3, 0.4) is 0 Å². The Morgan fingerprint density at radius 2 is 1.56 bits per heavy atom. The van der Waals surface area contributed by atoms with Gasteiger partial charge in [0.25, 0.3) is 0 Å². The molecule has 0 spiro atoms. The van der Waals surface area contributed by atoms with Gasteiger partial charge >= 0.3 is 0 Å². The van der Waals surface area contributed by atoms with Crippen LogP contribution in [-0.4, -0.2) is 6.17 Å². The molecule has 0 amide bonds. The van der Waals surface area contributed by atoms with Gasteiger partial charge in [-0.1, -0.05) is 27.7 Å². The van der Waals surface area contributed by atoms with E-state index in [2.05, 4.69) is 13.8 Å². The third kappa shape index (κ3) is 2.83. The molecule has 0 aliphatic heterocycles. The zero-order valence-electron chi connectivity index (χ0n) is 6.87. The maximum absolute atomic E-state index is 12.0. The van der Waals surface area contributed by atoms with E-state index in [1.807, 2.05) is 13.8 Å². The van der Waals surface area contributed by atoms with Crippen LogP contribution in [0.5, 0.6) is 0 Å². The molecule has 0 saturated heterocycles. The van der Waals surface area contributed by atoms with Crippen LogP contribution in [0.1, 0.15) is 40.5 Å². The molecule has 0 aromatic rings. The summed E-state index contributed by atoms with van der Waals surface area (Å²) in [7, 11) is 0. The van der Waals surface area contributed by atoms with Gasteiger partial charge < -0.3 is 0 Å². The van der Waals surface area contributed by atoms with Gasteiger partial charge in [-0.3, -0.25) is 0 Å². The fourth-order valence-corrected chi connectivity index (χ4v) is 1.14. The number of alkyl halides is 1. The first-order valence-electron chi connectivity index (χ1n) is 3.74. The molecule has 0 aromatic carbocycles. The predicted molar refractivity (Wildman–Crippen MR) is 39.3 cm³/mol. The van der Waals surface area contributed by atoms with Crippen molar-refractivity contribution in [2.24, 2.45) is 5.41 Å². The molecule has 0 unspecified atom stereocenters. The number of hydrogen-bond acceptors (Lipinski definition) is 0. The van der Waals surface area contributed by atoms with Crippen LogP contribution >= 0.6 is 0 Å². The van der Waals surface area contributed by atoms with Crippen LogP contribution in [0.2, 0.25) is 0 Å². The Labute approximate surface area is 57.5 Å². The zero-order valence-corrected chi connectivity index (χ0v) is 6.87. The van der Waals surface area contributed by atoms with Crippen LogP contribution in [0.15, 0.2) is 0 Å². The third-order valence-electron chi connectivity index (χ3n) is 1.55. The van der Waals surface area contributed by atoms with Crippen LogP contribution < -0.4 is 0 Å². The van der Waals surface area contributed by atoms with Gasteiger partial charge in [-0.15, -0.1) is 0 Å². The molecule has 0 N–H and O–H groups in total. The zero-order chi connectivity index (χ0) is 7.49. The standard InChI is InChI=1S/C6H11F.C2H6/c1-6(2)3-5(7)4-6;1-2/h5H,3-4H2,1-2H3;1-2H3. The van der Waals surface area contributed by atoms with Crippen LogP contribution in [0.4, 0.5) is 4.39 Å². The quantitative estimate of drug-likeness (QED) is 0.475. The highest BCUT2D eigenvalue weighted by Gasteiger charge is 2.35. The molecule has 1 fully saturated rings. The first kappa shape index (κ1) is 8.93. The maximum Gasteiger partial charge on any atom is 0.101 e. The molecule has 1 aliphatic rings. The van der Waals surface area contributed by atoms with Crippen molar-refractivity contribution in [2.45, 2.75) is 46.7 Å². The lowest BCUT2D eigenvalue weighted by Crippen LogP contribution is -2.32. The first-order chi connectivity index (χ1) is 4.10. The Bertz CT molecular complexity index is 68.6. The van der Waals surface area contributed by atoms with Crippen molar-refractivity contribution in [2.75, 3.05) is 0 Å².